The van der Waals surface area contributed by atoms with E-state index in [4.69, 9.17) is 16.3 Å². The maximum Gasteiger partial charge on any atom is 0.422 e. The molecule has 0 atom stereocenters. The molecule has 54 heavy (non-hydrogen) atoms. The fourth-order valence-electron chi connectivity index (χ4n) is 5.51. The first kappa shape index (κ1) is 37.9. The fourth-order valence-corrected chi connectivity index (χ4v) is 5.64. The van der Waals surface area contributed by atoms with Gasteiger partial charge < -0.3 is 26.0 Å². The number of nitrogens with one attached hydrogen (secondary N) is 4. The van der Waals surface area contributed by atoms with E-state index in [-0.39, 0.29) is 37.3 Å². The Balaban J connectivity index is 1.03. The van der Waals surface area contributed by atoms with E-state index < -0.39 is 41.4 Å². The summed E-state index contributed by atoms with van der Waals surface area (Å²) in [5, 5.41) is 13.1. The van der Waals surface area contributed by atoms with Crippen LogP contribution in [0.4, 0.5) is 30.8 Å². The van der Waals surface area contributed by atoms with Crippen molar-refractivity contribution in [1.29, 1.82) is 0 Å². The number of carbonyl (C=O) groups is 3. The van der Waals surface area contributed by atoms with Gasteiger partial charge in [-0.2, -0.15) is 28.1 Å². The van der Waals surface area contributed by atoms with Crippen molar-refractivity contribution in [3.05, 3.63) is 107 Å². The van der Waals surface area contributed by atoms with Gasteiger partial charge in [-0.15, -0.1) is 0 Å². The van der Waals surface area contributed by atoms with Crippen molar-refractivity contribution in [2.45, 2.75) is 44.8 Å². The van der Waals surface area contributed by atoms with Gasteiger partial charge in [0.15, 0.2) is 6.61 Å². The molecule has 1 saturated carbocycles. The number of aromatic nitrogens is 4. The van der Waals surface area contributed by atoms with E-state index in [0.717, 1.165) is 29.3 Å². The molecule has 2 aromatic heterocycles. The topological polar surface area (TPSA) is 160 Å². The number of hydrogen-bond donors (Lipinski definition) is 4. The molecular weight excluding hydrogens is 725 g/mol. The van der Waals surface area contributed by atoms with Gasteiger partial charge >= 0.3 is 12.2 Å². The van der Waals surface area contributed by atoms with Gasteiger partial charge in [-0.25, -0.2) is 0 Å². The lowest BCUT2D eigenvalue weighted by molar-refractivity contribution is -0.154. The molecule has 5 aromatic rings. The number of halogens is 4. The maximum absolute atomic E-state index is 13.0. The van der Waals surface area contributed by atoms with Crippen molar-refractivity contribution in [2.75, 3.05) is 30.3 Å². The molecule has 0 aliphatic heterocycles. The number of pyridine rings is 1. The first-order valence-corrected chi connectivity index (χ1v) is 17.3. The van der Waals surface area contributed by atoms with Gasteiger partial charge in [0.1, 0.15) is 0 Å². The molecule has 16 heteroatoms. The molecule has 0 unspecified atom stereocenters. The number of alkyl halides is 3. The number of benzene rings is 3. The average Bonchev–Trinajstić information content (AvgIpc) is 3.92. The maximum atomic E-state index is 13.0. The van der Waals surface area contributed by atoms with Gasteiger partial charge in [-0.1, -0.05) is 49.7 Å². The SMILES string of the molecule is CC(C)(CNC(=O)C(=O)Cc1ccc2ncccc2c1)CNC(=O)c1ccc(Nc2nc(NC3(c4ccc(Cl)cc4)CC3)nc(OCC(F)(F)F)n2)cc1. The van der Waals surface area contributed by atoms with Crippen molar-refractivity contribution < 1.29 is 32.3 Å². The molecule has 1 aliphatic rings. The monoisotopic (exact) mass is 760 g/mol. The standard InChI is InChI=1S/C38H36ClF3N8O4/c1-36(2,21-45-32(53)30(51)19-23-5-14-29-25(18-23)4-3-17-43-29)20-44-31(52)24-6-12-28(13-7-24)46-33-47-34(49-35(48-33)54-22-38(40,41)42)50-37(15-16-37)26-8-10-27(39)11-9-26/h3-14,17-18H,15-16,19-22H2,1-2H3,(H,44,52)(H,45,53)(H2,46,47,48,49,50). The fraction of sp³-hybridized carbons (Fsp3) is 0.289. The molecule has 12 nitrogen and oxygen atoms in total. The summed E-state index contributed by atoms with van der Waals surface area (Å²) in [4.78, 5) is 54.9. The molecule has 6 rings (SSSR count). The van der Waals surface area contributed by atoms with Gasteiger partial charge in [0.05, 0.1) is 11.1 Å². The first-order valence-electron chi connectivity index (χ1n) is 17.0. The van der Waals surface area contributed by atoms with E-state index in [2.05, 4.69) is 41.2 Å². The van der Waals surface area contributed by atoms with Crippen LogP contribution in [0, 0.1) is 5.41 Å². The summed E-state index contributed by atoms with van der Waals surface area (Å²) in [6.45, 7) is 2.42. The summed E-state index contributed by atoms with van der Waals surface area (Å²) < 4.78 is 43.7. The minimum Gasteiger partial charge on any atom is -0.454 e. The van der Waals surface area contributed by atoms with Crippen LogP contribution >= 0.6 is 11.6 Å². The number of amides is 2. The van der Waals surface area contributed by atoms with Crippen molar-refractivity contribution in [3.63, 3.8) is 0 Å². The van der Waals surface area contributed by atoms with Crippen molar-refractivity contribution >= 4 is 57.7 Å². The van der Waals surface area contributed by atoms with Gasteiger partial charge in [0, 0.05) is 47.4 Å². The largest absolute Gasteiger partial charge is 0.454 e. The Bertz CT molecular complexity index is 2160. The van der Waals surface area contributed by atoms with Gasteiger partial charge in [-0.3, -0.25) is 19.4 Å². The lowest BCUT2D eigenvalue weighted by Crippen LogP contribution is -2.44. The number of anilines is 3. The van der Waals surface area contributed by atoms with Crippen LogP contribution in [-0.4, -0.2) is 63.4 Å². The highest BCUT2D eigenvalue weighted by molar-refractivity contribution is 6.36. The lowest BCUT2D eigenvalue weighted by Gasteiger charge is -2.25. The molecule has 1 fully saturated rings. The lowest BCUT2D eigenvalue weighted by atomic mass is 9.93. The molecule has 2 heterocycles. The zero-order valence-electron chi connectivity index (χ0n) is 29.3. The number of fused-ring (bicyclic) bond motifs is 1. The summed E-state index contributed by atoms with van der Waals surface area (Å²) in [6, 6.07) is 22.0. The van der Waals surface area contributed by atoms with E-state index in [9.17, 15) is 27.6 Å². The molecule has 3 aromatic carbocycles. The van der Waals surface area contributed by atoms with Crippen molar-refractivity contribution in [2.24, 2.45) is 5.41 Å². The molecule has 0 radical (unpaired) electrons. The van der Waals surface area contributed by atoms with E-state index in [0.29, 0.717) is 21.8 Å². The molecule has 280 valence electrons. The number of hydrogen-bond acceptors (Lipinski definition) is 10. The Morgan fingerprint density at radius 2 is 1.57 bits per heavy atom. The van der Waals surface area contributed by atoms with Crippen molar-refractivity contribution in [3.8, 4) is 6.01 Å². The average molecular weight is 761 g/mol. The molecule has 2 amide bonds. The Morgan fingerprint density at radius 1 is 0.870 bits per heavy atom. The summed E-state index contributed by atoms with van der Waals surface area (Å²) in [5.74, 6) is -1.73. The van der Waals surface area contributed by atoms with Crippen molar-refractivity contribution in [1.82, 2.24) is 30.6 Å². The number of rotatable bonds is 15. The zero-order valence-corrected chi connectivity index (χ0v) is 30.0. The third-order valence-corrected chi connectivity index (χ3v) is 8.87. The van der Waals surface area contributed by atoms with E-state index in [1.54, 1.807) is 60.8 Å². The summed E-state index contributed by atoms with van der Waals surface area (Å²) in [6.07, 6.45) is -1.50. The van der Waals surface area contributed by atoms with Crippen LogP contribution in [0.1, 0.15) is 48.2 Å². The van der Waals surface area contributed by atoms with Crippen LogP contribution in [0.25, 0.3) is 10.9 Å². The smallest absolute Gasteiger partial charge is 0.422 e. The summed E-state index contributed by atoms with van der Waals surface area (Å²) >= 11 is 6.04. The molecule has 1 aliphatic carbocycles. The van der Waals surface area contributed by atoms with Crippen LogP contribution < -0.4 is 26.0 Å². The molecule has 0 saturated heterocycles. The number of nitrogens with zero attached hydrogens (tertiary/aromatic N) is 4. The van der Waals surface area contributed by atoms with E-state index in [1.807, 2.05) is 38.1 Å². The normalized spacial score (nSPS) is 13.5. The summed E-state index contributed by atoms with van der Waals surface area (Å²) in [5.41, 5.74) is 2.07. The summed E-state index contributed by atoms with van der Waals surface area (Å²) in [7, 11) is 0. The van der Waals surface area contributed by atoms with Crippen LogP contribution in [0.2, 0.25) is 5.02 Å². The predicted molar refractivity (Wildman–Crippen MR) is 197 cm³/mol. The molecular formula is C38H36ClF3N8O4. The Morgan fingerprint density at radius 3 is 2.28 bits per heavy atom. The second-order valence-corrected chi connectivity index (χ2v) is 14.2. The highest BCUT2D eigenvalue weighted by atomic mass is 35.5. The number of ether oxygens (including phenoxy) is 1. The number of Topliss-reactive ketones (excluding diaryl/α,β-unsaturated/α-hetero) is 1. The quantitative estimate of drug-likeness (QED) is 0.0863. The Hall–Kier alpha value is -5.83. The highest BCUT2D eigenvalue weighted by Gasteiger charge is 2.45. The van der Waals surface area contributed by atoms with Crippen LogP contribution in [0.3, 0.4) is 0 Å². The Kier molecular flexibility index (Phi) is 11.0. The second-order valence-electron chi connectivity index (χ2n) is 13.7. The molecule has 0 bridgehead atoms. The third kappa shape index (κ3) is 10.2. The third-order valence-electron chi connectivity index (χ3n) is 8.62. The molecule has 4 N–H and O–H groups in total. The van der Waals surface area contributed by atoms with Gasteiger partial charge in [-0.05, 0) is 84.0 Å². The van der Waals surface area contributed by atoms with E-state index >= 15 is 0 Å². The Labute approximate surface area is 313 Å². The predicted octanol–water partition coefficient (Wildman–Crippen LogP) is 6.54. The van der Waals surface area contributed by atoms with Crippen LogP contribution in [0.5, 0.6) is 6.01 Å². The molecule has 0 spiro atoms. The van der Waals surface area contributed by atoms with Crippen LogP contribution in [-0.2, 0) is 21.5 Å². The van der Waals surface area contributed by atoms with E-state index in [1.165, 1.54) is 0 Å². The zero-order chi connectivity index (χ0) is 38.5. The van der Waals surface area contributed by atoms with Gasteiger partial charge in [0.25, 0.3) is 11.8 Å². The van der Waals surface area contributed by atoms with Gasteiger partial charge in [0.2, 0.25) is 17.7 Å². The number of ketones is 1. The first-order chi connectivity index (χ1) is 25.7. The number of carbonyl (C=O) groups excluding carboxylic acids is 3. The second kappa shape index (κ2) is 15.6. The minimum atomic E-state index is -4.61. The highest BCUT2D eigenvalue weighted by Crippen LogP contribution is 2.48. The minimum absolute atomic E-state index is 0.0130. The van der Waals surface area contributed by atoms with Crippen LogP contribution in [0.15, 0.2) is 85.1 Å².